The topological polar surface area (TPSA) is 15.3 Å². The third-order valence-electron chi connectivity index (χ3n) is 3.72. The first-order chi connectivity index (χ1) is 8.16. The maximum absolute atomic E-state index is 3.60. The molecule has 2 heteroatoms. The Morgan fingerprint density at radius 2 is 2.24 bits per heavy atom. The van der Waals surface area contributed by atoms with Gasteiger partial charge in [0, 0.05) is 12.1 Å². The predicted molar refractivity (Wildman–Crippen MR) is 73.2 cm³/mol. The number of benzene rings is 1. The van der Waals surface area contributed by atoms with E-state index in [2.05, 4.69) is 55.5 Å². The van der Waals surface area contributed by atoms with E-state index in [-0.39, 0.29) is 0 Å². The van der Waals surface area contributed by atoms with E-state index in [0.717, 1.165) is 0 Å². The van der Waals surface area contributed by atoms with Crippen molar-refractivity contribution in [2.45, 2.75) is 38.3 Å². The van der Waals surface area contributed by atoms with Crippen molar-refractivity contribution in [3.05, 3.63) is 35.4 Å². The fraction of sp³-hybridized carbons (Fsp3) is 0.600. The summed E-state index contributed by atoms with van der Waals surface area (Å²) in [4.78, 5) is 2.34. The van der Waals surface area contributed by atoms with E-state index in [1.165, 1.54) is 36.9 Å². The molecule has 1 aliphatic rings. The van der Waals surface area contributed by atoms with Crippen LogP contribution in [0.15, 0.2) is 24.3 Å². The second kappa shape index (κ2) is 5.65. The van der Waals surface area contributed by atoms with Crippen LogP contribution in [0.4, 0.5) is 0 Å². The molecule has 0 bridgehead atoms. The Balaban J connectivity index is 2.10. The zero-order valence-electron chi connectivity index (χ0n) is 11.2. The van der Waals surface area contributed by atoms with Crippen LogP contribution in [0.3, 0.4) is 0 Å². The molecule has 1 N–H and O–H groups in total. The summed E-state index contributed by atoms with van der Waals surface area (Å²) in [5.74, 6) is 0. The Morgan fingerprint density at radius 3 is 2.82 bits per heavy atom. The van der Waals surface area contributed by atoms with E-state index in [4.69, 9.17) is 0 Å². The summed E-state index contributed by atoms with van der Waals surface area (Å²) in [7, 11) is 4.36. The van der Waals surface area contributed by atoms with Gasteiger partial charge < -0.3 is 10.2 Å². The smallest absolute Gasteiger partial charge is 0.0356 e. The average Bonchev–Trinajstić information content (AvgIpc) is 2.78. The second-order valence-corrected chi connectivity index (χ2v) is 5.42. The van der Waals surface area contributed by atoms with Crippen LogP contribution in [0, 0.1) is 6.92 Å². The van der Waals surface area contributed by atoms with Gasteiger partial charge in [0.1, 0.15) is 0 Å². The van der Waals surface area contributed by atoms with Crippen molar-refractivity contribution < 1.29 is 0 Å². The van der Waals surface area contributed by atoms with Crippen LogP contribution in [0.25, 0.3) is 0 Å². The molecule has 1 aromatic carbocycles. The van der Waals surface area contributed by atoms with Gasteiger partial charge in [-0.1, -0.05) is 29.8 Å². The maximum atomic E-state index is 3.60. The van der Waals surface area contributed by atoms with Gasteiger partial charge in [0.05, 0.1) is 0 Å². The minimum atomic E-state index is 0.533. The number of hydrogen-bond donors (Lipinski definition) is 1. The summed E-state index contributed by atoms with van der Waals surface area (Å²) in [5.41, 5.74) is 2.80. The molecule has 0 amide bonds. The van der Waals surface area contributed by atoms with Gasteiger partial charge in [0.2, 0.25) is 0 Å². The second-order valence-electron chi connectivity index (χ2n) is 5.42. The number of aryl methyl sites for hydroxylation is 1. The number of rotatable bonds is 4. The average molecular weight is 232 g/mol. The molecule has 0 aromatic heterocycles. The highest BCUT2D eigenvalue weighted by atomic mass is 15.1. The Morgan fingerprint density at radius 1 is 1.41 bits per heavy atom. The maximum Gasteiger partial charge on any atom is 0.0356 e. The molecule has 2 unspecified atom stereocenters. The lowest BCUT2D eigenvalue weighted by atomic mass is 9.96. The molecule has 0 aliphatic carbocycles. The van der Waals surface area contributed by atoms with Crippen molar-refractivity contribution in [3.63, 3.8) is 0 Å². The summed E-state index contributed by atoms with van der Waals surface area (Å²) < 4.78 is 0. The normalized spacial score (nSPS) is 22.0. The molecule has 0 spiro atoms. The fourth-order valence-corrected chi connectivity index (χ4v) is 2.75. The van der Waals surface area contributed by atoms with E-state index < -0.39 is 0 Å². The quantitative estimate of drug-likeness (QED) is 0.858. The van der Waals surface area contributed by atoms with Gasteiger partial charge >= 0.3 is 0 Å². The van der Waals surface area contributed by atoms with Gasteiger partial charge in [0.25, 0.3) is 0 Å². The Hall–Kier alpha value is -0.860. The number of hydrogen-bond acceptors (Lipinski definition) is 2. The standard InChI is InChI=1S/C15H24N2/c1-12-6-4-7-13(10-12)15(17(2)3)11-14-8-5-9-16-14/h4,6-7,10,14-16H,5,8-9,11H2,1-3H3. The summed E-state index contributed by atoms with van der Waals surface area (Å²) in [6, 6.07) is 10.1. The van der Waals surface area contributed by atoms with Crippen LogP contribution in [0.2, 0.25) is 0 Å². The molecule has 94 valence electrons. The van der Waals surface area contributed by atoms with E-state index in [0.29, 0.717) is 12.1 Å². The van der Waals surface area contributed by atoms with Gasteiger partial charge in [-0.3, -0.25) is 0 Å². The molecule has 1 aromatic rings. The zero-order valence-corrected chi connectivity index (χ0v) is 11.2. The summed E-state index contributed by atoms with van der Waals surface area (Å²) >= 11 is 0. The first-order valence-corrected chi connectivity index (χ1v) is 6.63. The van der Waals surface area contributed by atoms with Gasteiger partial charge in [0.15, 0.2) is 0 Å². The van der Waals surface area contributed by atoms with Gasteiger partial charge in [-0.15, -0.1) is 0 Å². The van der Waals surface area contributed by atoms with Crippen molar-refractivity contribution in [2.75, 3.05) is 20.6 Å². The van der Waals surface area contributed by atoms with Crippen LogP contribution < -0.4 is 5.32 Å². The number of nitrogens with zero attached hydrogens (tertiary/aromatic N) is 1. The largest absolute Gasteiger partial charge is 0.314 e. The molecule has 2 rings (SSSR count). The number of nitrogens with one attached hydrogen (secondary N) is 1. The molecule has 1 aliphatic heterocycles. The third-order valence-corrected chi connectivity index (χ3v) is 3.72. The zero-order chi connectivity index (χ0) is 12.3. The first kappa shape index (κ1) is 12.6. The van der Waals surface area contributed by atoms with Crippen molar-refractivity contribution in [1.82, 2.24) is 10.2 Å². The molecule has 2 nitrogen and oxygen atoms in total. The van der Waals surface area contributed by atoms with Crippen LogP contribution in [0.1, 0.15) is 36.4 Å². The van der Waals surface area contributed by atoms with Crippen LogP contribution in [-0.4, -0.2) is 31.6 Å². The highest BCUT2D eigenvalue weighted by Gasteiger charge is 2.22. The van der Waals surface area contributed by atoms with E-state index in [9.17, 15) is 0 Å². The molecule has 1 saturated heterocycles. The van der Waals surface area contributed by atoms with Crippen LogP contribution >= 0.6 is 0 Å². The predicted octanol–water partition coefficient (Wildman–Crippen LogP) is 2.74. The molecule has 1 fully saturated rings. The minimum Gasteiger partial charge on any atom is -0.314 e. The molecular formula is C15H24N2. The molecule has 0 saturated carbocycles. The lowest BCUT2D eigenvalue weighted by molar-refractivity contribution is 0.262. The van der Waals surface area contributed by atoms with E-state index in [1.807, 2.05) is 0 Å². The third kappa shape index (κ3) is 3.30. The van der Waals surface area contributed by atoms with E-state index in [1.54, 1.807) is 0 Å². The van der Waals surface area contributed by atoms with Crippen LogP contribution in [-0.2, 0) is 0 Å². The van der Waals surface area contributed by atoms with Crippen molar-refractivity contribution in [1.29, 1.82) is 0 Å². The van der Waals surface area contributed by atoms with E-state index >= 15 is 0 Å². The molecule has 2 atom stereocenters. The van der Waals surface area contributed by atoms with Crippen molar-refractivity contribution >= 4 is 0 Å². The highest BCUT2D eigenvalue weighted by molar-refractivity contribution is 5.25. The van der Waals surface area contributed by atoms with Crippen LogP contribution in [0.5, 0.6) is 0 Å². The Kier molecular flexibility index (Phi) is 4.19. The SMILES string of the molecule is Cc1cccc(C(CC2CCCN2)N(C)C)c1. The van der Waals surface area contributed by atoms with Crippen molar-refractivity contribution in [3.8, 4) is 0 Å². The molecule has 17 heavy (non-hydrogen) atoms. The lowest BCUT2D eigenvalue weighted by Gasteiger charge is -2.27. The van der Waals surface area contributed by atoms with Crippen molar-refractivity contribution in [2.24, 2.45) is 0 Å². The summed E-state index contributed by atoms with van der Waals surface area (Å²) in [5, 5.41) is 3.60. The highest BCUT2D eigenvalue weighted by Crippen LogP contribution is 2.26. The molecular weight excluding hydrogens is 208 g/mol. The fourth-order valence-electron chi connectivity index (χ4n) is 2.75. The van der Waals surface area contributed by atoms with Gasteiger partial charge in [-0.2, -0.15) is 0 Å². The summed E-state index contributed by atoms with van der Waals surface area (Å²) in [6.07, 6.45) is 3.88. The lowest BCUT2D eigenvalue weighted by Crippen LogP contribution is -2.29. The molecule has 1 heterocycles. The Bertz CT molecular complexity index is 354. The van der Waals surface area contributed by atoms with Gasteiger partial charge in [-0.05, 0) is 52.4 Å². The minimum absolute atomic E-state index is 0.533. The first-order valence-electron chi connectivity index (χ1n) is 6.63. The molecule has 0 radical (unpaired) electrons. The van der Waals surface area contributed by atoms with Gasteiger partial charge in [-0.25, -0.2) is 0 Å². The Labute approximate surface area is 105 Å². The summed E-state index contributed by atoms with van der Waals surface area (Å²) in [6.45, 7) is 3.36. The monoisotopic (exact) mass is 232 g/mol.